The first-order valence-electron chi connectivity index (χ1n) is 12.2. The van der Waals surface area contributed by atoms with Gasteiger partial charge in [0, 0.05) is 12.6 Å². The standard InChI is InChI=1S/C25H36N2O6/c1-5-9-16(4)26-12-8-11-25-20(19-18(33-25)10-6-7-13-32-24(19)31)22(29)27(21(25)23(26)30)17(14-28)15(2)3/h6,8,10-11,15-21,28H,5,7,9,12-14H2,1-4H3/t16?,17-,18-,19+,20-,21?,25-/m0/s1. The van der Waals surface area contributed by atoms with Gasteiger partial charge in [0.15, 0.2) is 0 Å². The highest BCUT2D eigenvalue weighted by Gasteiger charge is 2.72. The van der Waals surface area contributed by atoms with Crippen LogP contribution < -0.4 is 0 Å². The maximum absolute atomic E-state index is 14.1. The predicted octanol–water partition coefficient (Wildman–Crippen LogP) is 1.67. The van der Waals surface area contributed by atoms with Gasteiger partial charge in [0.25, 0.3) is 0 Å². The molecule has 7 atom stereocenters. The van der Waals surface area contributed by atoms with Crippen molar-refractivity contribution in [3.63, 3.8) is 0 Å². The van der Waals surface area contributed by atoms with E-state index in [4.69, 9.17) is 9.47 Å². The van der Waals surface area contributed by atoms with Crippen molar-refractivity contribution in [1.82, 2.24) is 9.80 Å². The molecule has 0 aromatic rings. The lowest BCUT2D eigenvalue weighted by Gasteiger charge is -2.41. The van der Waals surface area contributed by atoms with Gasteiger partial charge in [0.1, 0.15) is 17.6 Å². The molecule has 0 radical (unpaired) electrons. The minimum Gasteiger partial charge on any atom is -0.465 e. The molecular formula is C25H36N2O6. The largest absolute Gasteiger partial charge is 0.465 e. The minimum atomic E-state index is -1.28. The molecule has 2 unspecified atom stereocenters. The number of esters is 1. The number of ether oxygens (including phenoxy) is 2. The molecule has 8 heteroatoms. The van der Waals surface area contributed by atoms with E-state index >= 15 is 0 Å². The second-order valence-corrected chi connectivity index (χ2v) is 10.00. The van der Waals surface area contributed by atoms with Crippen LogP contribution in [0, 0.1) is 17.8 Å². The van der Waals surface area contributed by atoms with E-state index in [-0.39, 0.29) is 37.0 Å². The van der Waals surface area contributed by atoms with E-state index in [0.29, 0.717) is 13.0 Å². The van der Waals surface area contributed by atoms with Crippen LogP contribution in [0.5, 0.6) is 0 Å². The molecule has 0 aromatic carbocycles. The number of carbonyl (C=O) groups excluding carboxylic acids is 3. The van der Waals surface area contributed by atoms with E-state index in [0.717, 1.165) is 12.8 Å². The Hall–Kier alpha value is -2.19. The van der Waals surface area contributed by atoms with Gasteiger partial charge >= 0.3 is 5.97 Å². The molecule has 4 heterocycles. The molecule has 182 valence electrons. The molecule has 4 aliphatic rings. The van der Waals surface area contributed by atoms with Crippen molar-refractivity contribution >= 4 is 17.8 Å². The Morgan fingerprint density at radius 3 is 2.61 bits per heavy atom. The first-order chi connectivity index (χ1) is 15.8. The summed E-state index contributed by atoms with van der Waals surface area (Å²) >= 11 is 0. The number of carbonyl (C=O) groups is 3. The Morgan fingerprint density at radius 1 is 1.18 bits per heavy atom. The van der Waals surface area contributed by atoms with E-state index in [1.165, 1.54) is 4.90 Å². The third-order valence-electron chi connectivity index (χ3n) is 7.64. The number of aliphatic hydroxyl groups excluding tert-OH is 1. The summed E-state index contributed by atoms with van der Waals surface area (Å²) in [7, 11) is 0. The summed E-state index contributed by atoms with van der Waals surface area (Å²) in [4.78, 5) is 44.5. The quantitative estimate of drug-likeness (QED) is 0.479. The molecule has 4 aliphatic heterocycles. The lowest BCUT2D eigenvalue weighted by Crippen LogP contribution is -2.60. The van der Waals surface area contributed by atoms with Crippen molar-refractivity contribution in [1.29, 1.82) is 0 Å². The normalized spacial score (nSPS) is 35.5. The predicted molar refractivity (Wildman–Crippen MR) is 121 cm³/mol. The van der Waals surface area contributed by atoms with E-state index < -0.39 is 41.6 Å². The smallest absolute Gasteiger partial charge is 0.312 e. The molecule has 0 aliphatic carbocycles. The summed E-state index contributed by atoms with van der Waals surface area (Å²) < 4.78 is 12.0. The van der Waals surface area contributed by atoms with Crippen molar-refractivity contribution < 1.29 is 29.0 Å². The molecule has 2 fully saturated rings. The molecule has 0 saturated carbocycles. The molecule has 4 rings (SSSR count). The second kappa shape index (κ2) is 9.22. The lowest BCUT2D eigenvalue weighted by molar-refractivity contribution is -0.157. The molecule has 2 amide bonds. The third kappa shape index (κ3) is 3.71. The fourth-order valence-corrected chi connectivity index (χ4v) is 6.01. The third-order valence-corrected chi connectivity index (χ3v) is 7.64. The van der Waals surface area contributed by atoms with Crippen LogP contribution in [0.25, 0.3) is 0 Å². The number of hydrogen-bond donors (Lipinski definition) is 1. The van der Waals surface area contributed by atoms with Gasteiger partial charge in [0.05, 0.1) is 31.3 Å². The highest BCUT2D eigenvalue weighted by Crippen LogP contribution is 2.54. The number of cyclic esters (lactones) is 1. The maximum atomic E-state index is 14.1. The van der Waals surface area contributed by atoms with Gasteiger partial charge < -0.3 is 24.4 Å². The average molecular weight is 461 g/mol. The van der Waals surface area contributed by atoms with Gasteiger partial charge in [-0.1, -0.05) is 51.5 Å². The number of amides is 2. The molecule has 1 N–H and O–H groups in total. The van der Waals surface area contributed by atoms with E-state index in [1.807, 2.05) is 45.1 Å². The van der Waals surface area contributed by atoms with Crippen LogP contribution in [0.2, 0.25) is 0 Å². The van der Waals surface area contributed by atoms with Crippen LogP contribution in [0.1, 0.15) is 47.0 Å². The lowest BCUT2D eigenvalue weighted by atomic mass is 9.77. The van der Waals surface area contributed by atoms with Crippen molar-refractivity contribution in [3.05, 3.63) is 24.3 Å². The van der Waals surface area contributed by atoms with Gasteiger partial charge in [-0.25, -0.2) is 0 Å². The summed E-state index contributed by atoms with van der Waals surface area (Å²) in [6.07, 6.45) is 9.17. The van der Waals surface area contributed by atoms with Crippen molar-refractivity contribution in [2.24, 2.45) is 17.8 Å². The zero-order valence-corrected chi connectivity index (χ0v) is 20.0. The summed E-state index contributed by atoms with van der Waals surface area (Å²) in [6.45, 7) is 8.32. The molecule has 0 bridgehead atoms. The van der Waals surface area contributed by atoms with Gasteiger partial charge in [-0.3, -0.25) is 14.4 Å². The van der Waals surface area contributed by atoms with Crippen LogP contribution in [0.15, 0.2) is 24.3 Å². The number of aliphatic hydroxyl groups is 1. The van der Waals surface area contributed by atoms with Crippen LogP contribution >= 0.6 is 0 Å². The Morgan fingerprint density at radius 2 is 1.94 bits per heavy atom. The molecule has 1 spiro atoms. The Labute approximate surface area is 195 Å². The number of fused-ring (bicyclic) bond motifs is 2. The van der Waals surface area contributed by atoms with Crippen molar-refractivity contribution in [3.8, 4) is 0 Å². The Balaban J connectivity index is 1.85. The van der Waals surface area contributed by atoms with Crippen molar-refractivity contribution in [2.75, 3.05) is 19.8 Å². The second-order valence-electron chi connectivity index (χ2n) is 10.00. The molecule has 8 nitrogen and oxygen atoms in total. The summed E-state index contributed by atoms with van der Waals surface area (Å²) in [6, 6.07) is -1.52. The monoisotopic (exact) mass is 460 g/mol. The van der Waals surface area contributed by atoms with Crippen LogP contribution in [0.4, 0.5) is 0 Å². The van der Waals surface area contributed by atoms with Crippen LogP contribution in [-0.2, 0) is 23.9 Å². The molecular weight excluding hydrogens is 424 g/mol. The van der Waals surface area contributed by atoms with E-state index in [2.05, 4.69) is 6.92 Å². The van der Waals surface area contributed by atoms with Gasteiger partial charge in [-0.2, -0.15) is 0 Å². The summed E-state index contributed by atoms with van der Waals surface area (Å²) in [5.74, 6) is -2.78. The van der Waals surface area contributed by atoms with E-state index in [9.17, 15) is 19.5 Å². The Bertz CT molecular complexity index is 854. The summed E-state index contributed by atoms with van der Waals surface area (Å²) in [5.41, 5.74) is -1.28. The highest BCUT2D eigenvalue weighted by molar-refractivity contribution is 5.99. The van der Waals surface area contributed by atoms with Gasteiger partial charge in [0.2, 0.25) is 11.8 Å². The van der Waals surface area contributed by atoms with Crippen LogP contribution in [-0.4, -0.2) is 82.3 Å². The topological polar surface area (TPSA) is 96.4 Å². The van der Waals surface area contributed by atoms with Gasteiger partial charge in [-0.15, -0.1) is 0 Å². The highest BCUT2D eigenvalue weighted by atomic mass is 16.6. The zero-order chi connectivity index (χ0) is 23.9. The zero-order valence-electron chi connectivity index (χ0n) is 20.0. The first-order valence-corrected chi connectivity index (χ1v) is 12.2. The number of rotatable bonds is 6. The Kier molecular flexibility index (Phi) is 6.69. The van der Waals surface area contributed by atoms with Gasteiger partial charge in [-0.05, 0) is 25.7 Å². The first kappa shape index (κ1) is 24.0. The minimum absolute atomic E-state index is 0.00938. The number of likely N-dealkylation sites (tertiary alicyclic amines) is 1. The molecule has 0 aromatic heterocycles. The molecule has 33 heavy (non-hydrogen) atoms. The molecule has 2 saturated heterocycles. The average Bonchev–Trinajstić information content (AvgIpc) is 3.13. The maximum Gasteiger partial charge on any atom is 0.312 e. The summed E-state index contributed by atoms with van der Waals surface area (Å²) in [5, 5.41) is 10.2. The van der Waals surface area contributed by atoms with Crippen molar-refractivity contribution in [2.45, 2.75) is 76.8 Å². The van der Waals surface area contributed by atoms with Crippen LogP contribution in [0.3, 0.4) is 0 Å². The number of nitrogens with zero attached hydrogens (tertiary/aromatic N) is 2. The fourth-order valence-electron chi connectivity index (χ4n) is 6.01. The number of hydrogen-bond acceptors (Lipinski definition) is 6. The SMILES string of the molecule is CCCC(C)N1CC=C[C@]23O[C@H]4C=CCCOC(=O)[C@H]4[C@H]2C(=O)N([C@@H](CO)C(C)C)C3C1=O. The fraction of sp³-hybridized carbons (Fsp3) is 0.720. The van der Waals surface area contributed by atoms with E-state index in [1.54, 1.807) is 4.90 Å².